The molecule has 154 valence electrons. The number of benzene rings is 2. The quantitative estimate of drug-likeness (QED) is 0.574. The van der Waals surface area contributed by atoms with Crippen molar-refractivity contribution in [3.63, 3.8) is 0 Å². The fourth-order valence-corrected chi connectivity index (χ4v) is 3.98. The molecule has 0 aliphatic rings. The Morgan fingerprint density at radius 1 is 1.00 bits per heavy atom. The van der Waals surface area contributed by atoms with Crippen molar-refractivity contribution < 1.29 is 17.9 Å². The van der Waals surface area contributed by atoms with Gasteiger partial charge in [0.15, 0.2) is 0 Å². The average molecular weight is 414 g/mol. The molecule has 0 amide bonds. The van der Waals surface area contributed by atoms with Gasteiger partial charge in [0, 0.05) is 5.56 Å². The van der Waals surface area contributed by atoms with Crippen LogP contribution in [0.15, 0.2) is 53.4 Å². The number of carbonyl (C=O) groups excluding carboxylic acids is 1. The molecule has 1 atom stereocenters. The Labute approximate surface area is 173 Å². The highest BCUT2D eigenvalue weighted by Crippen LogP contribution is 2.22. The van der Waals surface area contributed by atoms with E-state index >= 15 is 0 Å². The summed E-state index contributed by atoms with van der Waals surface area (Å²) in [4.78, 5) is 12.5. The van der Waals surface area contributed by atoms with Gasteiger partial charge in [-0.3, -0.25) is 4.79 Å². The summed E-state index contributed by atoms with van der Waals surface area (Å²) >= 11 is 0. The lowest BCUT2D eigenvalue weighted by Crippen LogP contribution is -2.47. The van der Waals surface area contributed by atoms with Crippen LogP contribution in [0.5, 0.6) is 0 Å². The summed E-state index contributed by atoms with van der Waals surface area (Å²) in [5.41, 5.74) is 1.86. The zero-order valence-electron chi connectivity index (χ0n) is 17.4. The highest BCUT2D eigenvalue weighted by atomic mass is 32.2. The van der Waals surface area contributed by atoms with Crippen molar-refractivity contribution in [1.82, 2.24) is 4.72 Å². The third kappa shape index (κ3) is 6.18. The maximum Gasteiger partial charge on any atom is 0.324 e. The zero-order valence-corrected chi connectivity index (χ0v) is 18.2. The molecule has 0 fully saturated rings. The van der Waals surface area contributed by atoms with Crippen LogP contribution in [0.25, 0.3) is 11.1 Å². The molecule has 0 spiro atoms. The molecule has 0 aromatic heterocycles. The van der Waals surface area contributed by atoms with Crippen LogP contribution in [-0.2, 0) is 19.6 Å². The number of hydrogen-bond acceptors (Lipinski definition) is 4. The lowest BCUT2D eigenvalue weighted by molar-refractivity contribution is -0.158. The van der Waals surface area contributed by atoms with Crippen LogP contribution in [-0.4, -0.2) is 26.0 Å². The summed E-state index contributed by atoms with van der Waals surface area (Å²) in [6, 6.07) is 12.9. The third-order valence-corrected chi connectivity index (χ3v) is 5.62. The topological polar surface area (TPSA) is 72.5 Å². The van der Waals surface area contributed by atoms with E-state index in [2.05, 4.69) is 10.6 Å². The monoisotopic (exact) mass is 413 g/mol. The third-order valence-electron chi connectivity index (χ3n) is 4.16. The van der Waals surface area contributed by atoms with Crippen molar-refractivity contribution in [3.05, 3.63) is 54.1 Å². The standard InChI is InChI=1S/C23H27NO4S/c1-7-17-8-10-18(11-9-17)19-12-14-20(15-13-19)29(26,27)24-21(16(2)3)22(25)28-23(4,5)6/h1,8-16,21,24H,2-6H3/t21-/m1/s1. The smallest absolute Gasteiger partial charge is 0.324 e. The predicted molar refractivity (Wildman–Crippen MR) is 115 cm³/mol. The molecule has 0 radical (unpaired) electrons. The molecular weight excluding hydrogens is 386 g/mol. The molecule has 0 bridgehead atoms. The SMILES string of the molecule is C#Cc1ccc(-c2ccc(S(=O)(=O)N[C@@H](C(=O)OC(C)(C)C)C(C)C)cc2)cc1. The summed E-state index contributed by atoms with van der Waals surface area (Å²) in [5, 5.41) is 0. The molecule has 0 aliphatic carbocycles. The van der Waals surface area contributed by atoms with E-state index in [4.69, 9.17) is 11.2 Å². The van der Waals surface area contributed by atoms with Crippen LogP contribution in [0.2, 0.25) is 0 Å². The minimum Gasteiger partial charge on any atom is -0.459 e. The first kappa shape index (κ1) is 22.7. The highest BCUT2D eigenvalue weighted by molar-refractivity contribution is 7.89. The van der Waals surface area contributed by atoms with Crippen molar-refractivity contribution in [1.29, 1.82) is 0 Å². The van der Waals surface area contributed by atoms with E-state index < -0.39 is 27.6 Å². The molecule has 5 nitrogen and oxygen atoms in total. The fourth-order valence-electron chi connectivity index (χ4n) is 2.64. The first-order valence-electron chi connectivity index (χ1n) is 9.35. The Morgan fingerprint density at radius 3 is 1.90 bits per heavy atom. The Balaban J connectivity index is 2.23. The van der Waals surface area contributed by atoms with Gasteiger partial charge in [0.25, 0.3) is 0 Å². The van der Waals surface area contributed by atoms with Gasteiger partial charge in [0.05, 0.1) is 4.90 Å². The van der Waals surface area contributed by atoms with Crippen LogP contribution < -0.4 is 4.72 Å². The van der Waals surface area contributed by atoms with Crippen molar-refractivity contribution in [2.75, 3.05) is 0 Å². The molecule has 6 heteroatoms. The van der Waals surface area contributed by atoms with E-state index in [1.165, 1.54) is 12.1 Å². The van der Waals surface area contributed by atoms with Crippen LogP contribution in [0, 0.1) is 18.3 Å². The number of esters is 1. The van der Waals surface area contributed by atoms with Gasteiger partial charge in [-0.1, -0.05) is 44.0 Å². The molecule has 0 heterocycles. The Morgan fingerprint density at radius 2 is 1.48 bits per heavy atom. The van der Waals surface area contributed by atoms with E-state index in [1.54, 1.807) is 46.8 Å². The molecule has 0 saturated heterocycles. The summed E-state index contributed by atoms with van der Waals surface area (Å²) < 4.78 is 33.5. The highest BCUT2D eigenvalue weighted by Gasteiger charge is 2.32. The summed E-state index contributed by atoms with van der Waals surface area (Å²) in [6.07, 6.45) is 5.37. The maximum atomic E-state index is 12.8. The van der Waals surface area contributed by atoms with Crippen LogP contribution in [0.1, 0.15) is 40.2 Å². The van der Waals surface area contributed by atoms with E-state index in [-0.39, 0.29) is 10.8 Å². The van der Waals surface area contributed by atoms with Gasteiger partial charge in [-0.25, -0.2) is 8.42 Å². The van der Waals surface area contributed by atoms with Gasteiger partial charge < -0.3 is 4.74 Å². The van der Waals surface area contributed by atoms with Crippen LogP contribution >= 0.6 is 0 Å². The molecule has 0 aliphatic heterocycles. The number of rotatable bonds is 6. The molecular formula is C23H27NO4S. The molecule has 2 aromatic rings. The fraction of sp³-hybridized carbons (Fsp3) is 0.348. The van der Waals surface area contributed by atoms with E-state index in [0.29, 0.717) is 0 Å². The lowest BCUT2D eigenvalue weighted by Gasteiger charge is -2.26. The number of carbonyl (C=O) groups is 1. The molecule has 2 rings (SSSR count). The van der Waals surface area contributed by atoms with Crippen molar-refractivity contribution in [3.8, 4) is 23.5 Å². The summed E-state index contributed by atoms with van der Waals surface area (Å²) in [5.74, 6) is 1.69. The Kier molecular flexibility index (Phi) is 6.89. The number of sulfonamides is 1. The largest absolute Gasteiger partial charge is 0.459 e. The predicted octanol–water partition coefficient (Wildman–Crippen LogP) is 3.98. The molecule has 0 unspecified atom stereocenters. The van der Waals surface area contributed by atoms with Gasteiger partial charge in [-0.05, 0) is 62.1 Å². The van der Waals surface area contributed by atoms with Crippen LogP contribution in [0.3, 0.4) is 0 Å². The normalized spacial score (nSPS) is 13.0. The maximum absolute atomic E-state index is 12.8. The Bertz CT molecular complexity index is 993. The van der Waals surface area contributed by atoms with Gasteiger partial charge in [0.1, 0.15) is 11.6 Å². The first-order valence-corrected chi connectivity index (χ1v) is 10.8. The first-order chi connectivity index (χ1) is 13.4. The molecule has 29 heavy (non-hydrogen) atoms. The minimum atomic E-state index is -3.89. The average Bonchev–Trinajstić information content (AvgIpc) is 2.64. The van der Waals surface area contributed by atoms with Gasteiger partial charge >= 0.3 is 5.97 Å². The van der Waals surface area contributed by atoms with Crippen molar-refractivity contribution in [2.45, 2.75) is 51.2 Å². The van der Waals surface area contributed by atoms with E-state index in [1.807, 2.05) is 24.3 Å². The van der Waals surface area contributed by atoms with Gasteiger partial charge in [-0.15, -0.1) is 6.42 Å². The number of terminal acetylenes is 1. The van der Waals surface area contributed by atoms with Crippen molar-refractivity contribution in [2.24, 2.45) is 5.92 Å². The zero-order chi connectivity index (χ0) is 21.8. The lowest BCUT2D eigenvalue weighted by atomic mass is 10.0. The number of hydrogen-bond donors (Lipinski definition) is 1. The van der Waals surface area contributed by atoms with Crippen LogP contribution in [0.4, 0.5) is 0 Å². The van der Waals surface area contributed by atoms with E-state index in [9.17, 15) is 13.2 Å². The van der Waals surface area contributed by atoms with Gasteiger partial charge in [0.2, 0.25) is 10.0 Å². The van der Waals surface area contributed by atoms with E-state index in [0.717, 1.165) is 16.7 Å². The second-order valence-corrected chi connectivity index (χ2v) is 9.84. The minimum absolute atomic E-state index is 0.0794. The molecule has 2 aromatic carbocycles. The van der Waals surface area contributed by atoms with Crippen molar-refractivity contribution >= 4 is 16.0 Å². The second kappa shape index (κ2) is 8.81. The number of ether oxygens (including phenoxy) is 1. The molecule has 0 saturated carbocycles. The second-order valence-electron chi connectivity index (χ2n) is 8.12. The number of nitrogens with one attached hydrogen (secondary N) is 1. The molecule has 1 N–H and O–H groups in total. The van der Waals surface area contributed by atoms with Gasteiger partial charge in [-0.2, -0.15) is 4.72 Å². The summed E-state index contributed by atoms with van der Waals surface area (Å²) in [6.45, 7) is 8.75. The Hall–Kier alpha value is -2.62. The summed E-state index contributed by atoms with van der Waals surface area (Å²) in [7, 11) is -3.89.